The van der Waals surface area contributed by atoms with E-state index in [0.717, 1.165) is 0 Å². The molecule has 0 fully saturated rings. The first kappa shape index (κ1) is 15.3. The Balaban J connectivity index is 0.000000204. The molecule has 20 heavy (non-hydrogen) atoms. The van der Waals surface area contributed by atoms with Gasteiger partial charge in [-0.05, 0) is 23.3 Å². The van der Waals surface area contributed by atoms with Gasteiger partial charge in [0, 0.05) is 12.1 Å². The number of hydrogen-bond acceptors (Lipinski definition) is 5. The van der Waals surface area contributed by atoms with Gasteiger partial charge >= 0.3 is 0 Å². The van der Waals surface area contributed by atoms with E-state index in [1.807, 2.05) is 0 Å². The fourth-order valence-electron chi connectivity index (χ4n) is 1.30. The number of carboxylic acid groups (broad SMARTS) is 1. The van der Waals surface area contributed by atoms with Gasteiger partial charge in [-0.2, -0.15) is 0 Å². The summed E-state index contributed by atoms with van der Waals surface area (Å²) in [5.74, 6) is -1.13. The molecular formula is C14H12NO5-. The van der Waals surface area contributed by atoms with Gasteiger partial charge in [0.1, 0.15) is 0 Å². The summed E-state index contributed by atoms with van der Waals surface area (Å²) in [6.07, 6.45) is 0. The number of benzene rings is 2. The molecule has 0 bridgehead atoms. The smallest absolute Gasteiger partial charge is 0.269 e. The average Bonchev–Trinajstić information content (AvgIpc) is 2.49. The van der Waals surface area contributed by atoms with Gasteiger partial charge < -0.3 is 15.0 Å². The molecule has 0 atom stereocenters. The molecule has 0 saturated heterocycles. The van der Waals surface area contributed by atoms with Crippen molar-refractivity contribution in [3.05, 3.63) is 75.8 Å². The van der Waals surface area contributed by atoms with Gasteiger partial charge in [0.2, 0.25) is 0 Å². The van der Waals surface area contributed by atoms with Gasteiger partial charge in [-0.15, -0.1) is 0 Å². The van der Waals surface area contributed by atoms with E-state index in [1.54, 1.807) is 18.2 Å². The van der Waals surface area contributed by atoms with Crippen molar-refractivity contribution in [3.63, 3.8) is 0 Å². The van der Waals surface area contributed by atoms with Crippen LogP contribution in [0.15, 0.2) is 54.6 Å². The zero-order valence-electron chi connectivity index (χ0n) is 10.4. The molecule has 0 aliphatic carbocycles. The number of nitro groups is 1. The van der Waals surface area contributed by atoms with Crippen molar-refractivity contribution in [2.24, 2.45) is 0 Å². The van der Waals surface area contributed by atoms with Gasteiger partial charge in [0.15, 0.2) is 0 Å². The normalized spacial score (nSPS) is 9.25. The molecule has 0 saturated carbocycles. The number of hydrogen-bond donors (Lipinski definition) is 1. The number of carboxylic acids is 1. The second-order valence-electron chi connectivity index (χ2n) is 3.74. The number of non-ortho nitro benzene ring substituents is 1. The van der Waals surface area contributed by atoms with Crippen LogP contribution in [0.1, 0.15) is 15.9 Å². The first-order valence-electron chi connectivity index (χ1n) is 5.65. The zero-order chi connectivity index (χ0) is 15.0. The summed E-state index contributed by atoms with van der Waals surface area (Å²) in [6.45, 7) is -0.0853. The van der Waals surface area contributed by atoms with Crippen molar-refractivity contribution in [2.75, 3.05) is 0 Å². The van der Waals surface area contributed by atoms with E-state index in [9.17, 15) is 20.0 Å². The molecule has 0 heterocycles. The maximum Gasteiger partial charge on any atom is 0.269 e. The summed E-state index contributed by atoms with van der Waals surface area (Å²) >= 11 is 0. The quantitative estimate of drug-likeness (QED) is 0.667. The van der Waals surface area contributed by atoms with Crippen LogP contribution in [0.2, 0.25) is 0 Å². The highest BCUT2D eigenvalue weighted by molar-refractivity contribution is 5.85. The lowest BCUT2D eigenvalue weighted by Crippen LogP contribution is -2.21. The maximum atomic E-state index is 10.1. The predicted octanol–water partition coefficient (Wildman–Crippen LogP) is 1.14. The molecule has 6 heteroatoms. The SMILES string of the molecule is O=C([O-])c1ccccc1.O=[N+]([O-])c1ccc(CO)cc1. The molecule has 0 aromatic heterocycles. The van der Waals surface area contributed by atoms with E-state index in [1.165, 1.54) is 36.4 Å². The summed E-state index contributed by atoms with van der Waals surface area (Å²) in [4.78, 5) is 19.8. The van der Waals surface area contributed by atoms with Crippen LogP contribution < -0.4 is 5.11 Å². The summed E-state index contributed by atoms with van der Waals surface area (Å²) in [6, 6.07) is 13.8. The molecule has 6 nitrogen and oxygen atoms in total. The number of aromatic carboxylic acids is 1. The second kappa shape index (κ2) is 7.65. The minimum atomic E-state index is -1.13. The molecule has 2 aromatic rings. The Morgan fingerprint density at radius 2 is 1.60 bits per heavy atom. The van der Waals surface area contributed by atoms with Crippen molar-refractivity contribution in [2.45, 2.75) is 6.61 Å². The molecule has 1 N–H and O–H groups in total. The third-order valence-electron chi connectivity index (χ3n) is 2.34. The molecule has 0 radical (unpaired) electrons. The highest BCUT2D eigenvalue weighted by Gasteiger charge is 2.02. The molecule has 2 rings (SSSR count). The first-order valence-corrected chi connectivity index (χ1v) is 5.65. The predicted molar refractivity (Wildman–Crippen MR) is 69.8 cm³/mol. The highest BCUT2D eigenvalue weighted by atomic mass is 16.6. The van der Waals surface area contributed by atoms with E-state index in [4.69, 9.17) is 5.11 Å². The molecular weight excluding hydrogens is 262 g/mol. The van der Waals surface area contributed by atoms with Gasteiger partial charge in [-0.1, -0.05) is 30.3 Å². The third-order valence-corrected chi connectivity index (χ3v) is 2.34. The lowest BCUT2D eigenvalue weighted by molar-refractivity contribution is -0.384. The van der Waals surface area contributed by atoms with E-state index in [0.29, 0.717) is 5.56 Å². The van der Waals surface area contributed by atoms with Crippen LogP contribution in [0.5, 0.6) is 0 Å². The van der Waals surface area contributed by atoms with Crippen LogP contribution in [-0.2, 0) is 6.61 Å². The Morgan fingerprint density at radius 3 is 1.95 bits per heavy atom. The molecule has 0 spiro atoms. The van der Waals surface area contributed by atoms with Gasteiger partial charge in [0.05, 0.1) is 17.5 Å². The number of carbonyl (C=O) groups is 1. The van der Waals surface area contributed by atoms with Crippen LogP contribution in [0.3, 0.4) is 0 Å². The van der Waals surface area contributed by atoms with Crippen LogP contribution in [-0.4, -0.2) is 16.0 Å². The number of nitrogens with zero attached hydrogens (tertiary/aromatic N) is 1. The summed E-state index contributed by atoms with van der Waals surface area (Å²) in [7, 11) is 0. The first-order chi connectivity index (χ1) is 9.54. The minimum Gasteiger partial charge on any atom is -0.545 e. The second-order valence-corrected chi connectivity index (χ2v) is 3.74. The number of carbonyl (C=O) groups excluding carboxylic acids is 1. The lowest BCUT2D eigenvalue weighted by Gasteiger charge is -1.97. The lowest BCUT2D eigenvalue weighted by atomic mass is 10.2. The van der Waals surface area contributed by atoms with Crippen LogP contribution in [0.4, 0.5) is 5.69 Å². The standard InChI is InChI=1S/C7H7NO3.C7H6O2/c9-5-6-1-3-7(4-2-6)8(10)11;8-7(9)6-4-2-1-3-5-6/h1-4,9H,5H2;1-5H,(H,8,9)/p-1. The number of nitro benzene ring substituents is 1. The zero-order valence-corrected chi connectivity index (χ0v) is 10.4. The average molecular weight is 274 g/mol. The highest BCUT2D eigenvalue weighted by Crippen LogP contribution is 2.11. The van der Waals surface area contributed by atoms with Crippen LogP contribution in [0.25, 0.3) is 0 Å². The Kier molecular flexibility index (Phi) is 5.86. The number of rotatable bonds is 3. The fourth-order valence-corrected chi connectivity index (χ4v) is 1.30. The van der Waals surface area contributed by atoms with Crippen molar-refractivity contribution in [3.8, 4) is 0 Å². The van der Waals surface area contributed by atoms with Gasteiger partial charge in [-0.3, -0.25) is 10.1 Å². The van der Waals surface area contributed by atoms with Crippen molar-refractivity contribution < 1.29 is 19.9 Å². The van der Waals surface area contributed by atoms with Gasteiger partial charge in [0.25, 0.3) is 5.69 Å². The van der Waals surface area contributed by atoms with E-state index in [2.05, 4.69) is 0 Å². The summed E-state index contributed by atoms with van der Waals surface area (Å²) < 4.78 is 0. The Labute approximate surface area is 115 Å². The number of aliphatic hydroxyl groups is 1. The van der Waals surface area contributed by atoms with E-state index in [-0.39, 0.29) is 17.9 Å². The van der Waals surface area contributed by atoms with Crippen molar-refractivity contribution in [1.29, 1.82) is 0 Å². The topological polar surface area (TPSA) is 104 Å². The van der Waals surface area contributed by atoms with Crippen LogP contribution >= 0.6 is 0 Å². The Morgan fingerprint density at radius 1 is 1.05 bits per heavy atom. The van der Waals surface area contributed by atoms with Gasteiger partial charge in [-0.25, -0.2) is 0 Å². The Bertz CT molecular complexity index is 566. The molecule has 0 aliphatic rings. The van der Waals surface area contributed by atoms with Crippen LogP contribution in [0, 0.1) is 10.1 Å². The molecule has 0 aliphatic heterocycles. The van der Waals surface area contributed by atoms with E-state index < -0.39 is 10.9 Å². The van der Waals surface area contributed by atoms with Crippen molar-refractivity contribution in [1.82, 2.24) is 0 Å². The van der Waals surface area contributed by atoms with E-state index >= 15 is 0 Å². The van der Waals surface area contributed by atoms with Crippen molar-refractivity contribution >= 4 is 11.7 Å². The third kappa shape index (κ3) is 4.87. The number of aliphatic hydroxyl groups excluding tert-OH is 1. The summed E-state index contributed by atoms with van der Waals surface area (Å²) in [5, 5.41) is 28.8. The Hall–Kier alpha value is -2.73. The molecule has 0 amide bonds. The molecule has 0 unspecified atom stereocenters. The minimum absolute atomic E-state index is 0.0437. The fraction of sp³-hybridized carbons (Fsp3) is 0.0714. The summed E-state index contributed by atoms with van der Waals surface area (Å²) in [5.41, 5.74) is 0.940. The monoisotopic (exact) mass is 274 g/mol. The largest absolute Gasteiger partial charge is 0.545 e. The molecule has 2 aromatic carbocycles. The molecule has 104 valence electrons. The maximum absolute atomic E-state index is 10.1.